The first kappa shape index (κ1) is 14.3. The van der Waals surface area contributed by atoms with Gasteiger partial charge in [0, 0.05) is 35.9 Å². The highest BCUT2D eigenvalue weighted by atomic mass is 19.1. The number of halogens is 1. The molecule has 0 spiro atoms. The maximum Gasteiger partial charge on any atom is 0.129 e. The minimum Gasteiger partial charge on any atom is -0.368 e. The van der Waals surface area contributed by atoms with E-state index in [1.165, 1.54) is 12.8 Å². The van der Waals surface area contributed by atoms with Gasteiger partial charge in [-0.1, -0.05) is 6.07 Å². The van der Waals surface area contributed by atoms with Crippen LogP contribution in [0.1, 0.15) is 46.1 Å². The van der Waals surface area contributed by atoms with Gasteiger partial charge in [-0.25, -0.2) is 4.39 Å². The van der Waals surface area contributed by atoms with Gasteiger partial charge in [0.25, 0.3) is 0 Å². The fourth-order valence-corrected chi connectivity index (χ4v) is 2.64. The van der Waals surface area contributed by atoms with Gasteiger partial charge in [0.1, 0.15) is 5.82 Å². The van der Waals surface area contributed by atoms with E-state index in [1.807, 2.05) is 12.1 Å². The van der Waals surface area contributed by atoms with Crippen LogP contribution in [0.15, 0.2) is 18.2 Å². The Morgan fingerprint density at radius 2 is 2.11 bits per heavy atom. The molecule has 0 radical (unpaired) electrons. The molecule has 2 nitrogen and oxygen atoms in total. The largest absolute Gasteiger partial charge is 0.368 e. The maximum absolute atomic E-state index is 14.1. The summed E-state index contributed by atoms with van der Waals surface area (Å²) in [6.45, 7) is 10.1. The van der Waals surface area contributed by atoms with E-state index >= 15 is 0 Å². The number of benzene rings is 1. The molecule has 0 aromatic heterocycles. The maximum atomic E-state index is 14.1. The summed E-state index contributed by atoms with van der Waals surface area (Å²) in [5.74, 6) is -0.103. The lowest BCUT2D eigenvalue weighted by Gasteiger charge is -2.28. The molecular formula is C16H25FN2. The molecule has 2 rings (SSSR count). The minimum atomic E-state index is -0.103. The van der Waals surface area contributed by atoms with E-state index in [0.29, 0.717) is 12.6 Å². The molecule has 1 unspecified atom stereocenters. The summed E-state index contributed by atoms with van der Waals surface area (Å²) in [5.41, 5.74) is 1.85. The SMILES string of the molecule is CC1CCCN1c1cccc(F)c1CNC(C)(C)C. The van der Waals surface area contributed by atoms with Crippen LogP contribution in [-0.4, -0.2) is 18.1 Å². The molecule has 0 aliphatic carbocycles. The molecule has 1 aliphatic rings. The van der Waals surface area contributed by atoms with Gasteiger partial charge in [-0.2, -0.15) is 0 Å². The summed E-state index contributed by atoms with van der Waals surface area (Å²) < 4.78 is 14.1. The van der Waals surface area contributed by atoms with Crippen molar-refractivity contribution in [2.45, 2.75) is 58.7 Å². The van der Waals surface area contributed by atoms with Gasteiger partial charge in [0.2, 0.25) is 0 Å². The Kier molecular flexibility index (Phi) is 4.14. The van der Waals surface area contributed by atoms with Crippen molar-refractivity contribution in [1.82, 2.24) is 5.32 Å². The van der Waals surface area contributed by atoms with Crippen LogP contribution in [-0.2, 0) is 6.54 Å². The van der Waals surface area contributed by atoms with Crippen molar-refractivity contribution in [3.8, 4) is 0 Å². The van der Waals surface area contributed by atoms with Crippen LogP contribution in [0, 0.1) is 5.82 Å². The van der Waals surface area contributed by atoms with Crippen LogP contribution in [0.4, 0.5) is 10.1 Å². The second kappa shape index (κ2) is 5.49. The van der Waals surface area contributed by atoms with Gasteiger partial charge in [-0.3, -0.25) is 0 Å². The summed E-state index contributed by atoms with van der Waals surface area (Å²) >= 11 is 0. The van der Waals surface area contributed by atoms with E-state index in [0.717, 1.165) is 17.8 Å². The Labute approximate surface area is 116 Å². The normalized spacial score (nSPS) is 20.1. The average Bonchev–Trinajstić information content (AvgIpc) is 2.72. The molecule has 1 saturated heterocycles. The van der Waals surface area contributed by atoms with Gasteiger partial charge < -0.3 is 10.2 Å². The van der Waals surface area contributed by atoms with Gasteiger partial charge in [-0.15, -0.1) is 0 Å². The molecule has 0 amide bonds. The summed E-state index contributed by atoms with van der Waals surface area (Å²) in [6, 6.07) is 5.93. The van der Waals surface area contributed by atoms with Crippen molar-refractivity contribution in [3.63, 3.8) is 0 Å². The molecule has 1 atom stereocenters. The fourth-order valence-electron chi connectivity index (χ4n) is 2.64. The Hall–Kier alpha value is -1.09. The van der Waals surface area contributed by atoms with E-state index in [4.69, 9.17) is 0 Å². The van der Waals surface area contributed by atoms with Crippen LogP contribution < -0.4 is 10.2 Å². The molecule has 1 N–H and O–H groups in total. The lowest BCUT2D eigenvalue weighted by molar-refractivity contribution is 0.418. The number of hydrogen-bond donors (Lipinski definition) is 1. The Morgan fingerprint density at radius 3 is 2.68 bits per heavy atom. The van der Waals surface area contributed by atoms with E-state index in [1.54, 1.807) is 6.07 Å². The predicted molar refractivity (Wildman–Crippen MR) is 79.0 cm³/mol. The van der Waals surface area contributed by atoms with Crippen molar-refractivity contribution < 1.29 is 4.39 Å². The summed E-state index contributed by atoms with van der Waals surface area (Å²) in [4.78, 5) is 2.34. The Balaban J connectivity index is 2.25. The fraction of sp³-hybridized carbons (Fsp3) is 0.625. The highest BCUT2D eigenvalue weighted by molar-refractivity contribution is 5.55. The number of hydrogen-bond acceptors (Lipinski definition) is 2. The number of rotatable bonds is 3. The lowest BCUT2D eigenvalue weighted by Crippen LogP contribution is -2.36. The van der Waals surface area contributed by atoms with Crippen molar-refractivity contribution in [1.29, 1.82) is 0 Å². The predicted octanol–water partition coefficient (Wildman–Crippen LogP) is 3.70. The first-order chi connectivity index (χ1) is 8.88. The zero-order valence-electron chi connectivity index (χ0n) is 12.5. The van der Waals surface area contributed by atoms with E-state index in [2.05, 4.69) is 37.9 Å². The highest BCUT2D eigenvalue weighted by Gasteiger charge is 2.24. The summed E-state index contributed by atoms with van der Waals surface area (Å²) in [5, 5.41) is 3.39. The van der Waals surface area contributed by atoms with Crippen LogP contribution in [0.5, 0.6) is 0 Å². The van der Waals surface area contributed by atoms with Gasteiger partial charge in [0.15, 0.2) is 0 Å². The molecule has 0 bridgehead atoms. The zero-order chi connectivity index (χ0) is 14.0. The molecule has 0 saturated carbocycles. The van der Waals surface area contributed by atoms with Crippen LogP contribution in [0.2, 0.25) is 0 Å². The molecule has 3 heteroatoms. The Morgan fingerprint density at radius 1 is 1.37 bits per heavy atom. The summed E-state index contributed by atoms with van der Waals surface area (Å²) in [7, 11) is 0. The average molecular weight is 264 g/mol. The first-order valence-electron chi connectivity index (χ1n) is 7.17. The lowest BCUT2D eigenvalue weighted by atomic mass is 10.1. The van der Waals surface area contributed by atoms with Gasteiger partial charge in [-0.05, 0) is 52.7 Å². The second-order valence-electron chi connectivity index (χ2n) is 6.53. The number of nitrogens with one attached hydrogen (secondary N) is 1. The molecular weight excluding hydrogens is 239 g/mol. The van der Waals surface area contributed by atoms with Crippen molar-refractivity contribution in [2.24, 2.45) is 0 Å². The third kappa shape index (κ3) is 3.47. The van der Waals surface area contributed by atoms with E-state index < -0.39 is 0 Å². The third-order valence-electron chi connectivity index (χ3n) is 3.75. The standard InChI is InChI=1S/C16H25FN2/c1-12-7-6-10-19(12)15-9-5-8-14(17)13(15)11-18-16(2,3)4/h5,8-9,12,18H,6-7,10-11H2,1-4H3. The molecule has 106 valence electrons. The smallest absolute Gasteiger partial charge is 0.129 e. The zero-order valence-corrected chi connectivity index (χ0v) is 12.5. The Bertz CT molecular complexity index is 437. The first-order valence-corrected chi connectivity index (χ1v) is 7.17. The van der Waals surface area contributed by atoms with Crippen LogP contribution >= 0.6 is 0 Å². The summed E-state index contributed by atoms with van der Waals surface area (Å²) in [6.07, 6.45) is 2.40. The van der Waals surface area contributed by atoms with Crippen molar-refractivity contribution in [3.05, 3.63) is 29.6 Å². The van der Waals surface area contributed by atoms with Crippen molar-refractivity contribution in [2.75, 3.05) is 11.4 Å². The second-order valence-corrected chi connectivity index (χ2v) is 6.53. The van der Waals surface area contributed by atoms with Gasteiger partial charge in [0.05, 0.1) is 0 Å². The van der Waals surface area contributed by atoms with E-state index in [9.17, 15) is 4.39 Å². The molecule has 1 heterocycles. The molecule has 1 aliphatic heterocycles. The molecule has 1 aromatic carbocycles. The van der Waals surface area contributed by atoms with Crippen LogP contribution in [0.25, 0.3) is 0 Å². The van der Waals surface area contributed by atoms with E-state index in [-0.39, 0.29) is 11.4 Å². The topological polar surface area (TPSA) is 15.3 Å². The number of anilines is 1. The van der Waals surface area contributed by atoms with Crippen molar-refractivity contribution >= 4 is 5.69 Å². The molecule has 1 aromatic rings. The third-order valence-corrected chi connectivity index (χ3v) is 3.75. The highest BCUT2D eigenvalue weighted by Crippen LogP contribution is 2.30. The van der Waals surface area contributed by atoms with Gasteiger partial charge >= 0.3 is 0 Å². The molecule has 19 heavy (non-hydrogen) atoms. The molecule has 1 fully saturated rings. The minimum absolute atomic E-state index is 0.00379. The quantitative estimate of drug-likeness (QED) is 0.895. The monoisotopic (exact) mass is 264 g/mol. The van der Waals surface area contributed by atoms with Crippen LogP contribution in [0.3, 0.4) is 0 Å². The number of nitrogens with zero attached hydrogens (tertiary/aromatic N) is 1.